The van der Waals surface area contributed by atoms with Crippen LogP contribution in [-0.4, -0.2) is 14.5 Å². The molecule has 0 aromatic carbocycles. The van der Waals surface area contributed by atoms with Crippen LogP contribution in [0.15, 0.2) is 30.7 Å². The Labute approximate surface area is 88.8 Å². The second-order valence-electron chi connectivity index (χ2n) is 3.30. The van der Waals surface area contributed by atoms with Gasteiger partial charge in [-0.25, -0.2) is 9.97 Å². The van der Waals surface area contributed by atoms with Gasteiger partial charge < -0.3 is 5.73 Å². The van der Waals surface area contributed by atoms with Gasteiger partial charge in [-0.05, 0) is 11.6 Å². The Hall–Kier alpha value is -1.68. The number of aromatic nitrogens is 3. The third kappa shape index (κ3) is 1.89. The first kappa shape index (κ1) is 9.86. The van der Waals surface area contributed by atoms with Crippen LogP contribution in [-0.2, 0) is 13.0 Å². The zero-order valence-corrected chi connectivity index (χ0v) is 8.72. The molecule has 0 spiro atoms. The third-order valence-electron chi connectivity index (χ3n) is 2.33. The summed E-state index contributed by atoms with van der Waals surface area (Å²) in [5.41, 5.74) is 6.55. The highest BCUT2D eigenvalue weighted by atomic mass is 15.1. The number of aryl methyl sites for hydroxylation is 1. The minimum atomic E-state index is 0.526. The fraction of sp³-hybridized carbons (Fsp3) is 0.273. The van der Waals surface area contributed by atoms with E-state index in [1.165, 1.54) is 0 Å². The molecular formula is C11H14N4. The summed E-state index contributed by atoms with van der Waals surface area (Å²) in [7, 11) is 0. The zero-order chi connectivity index (χ0) is 10.7. The number of imidazole rings is 1. The van der Waals surface area contributed by atoms with Crippen LogP contribution in [0.5, 0.6) is 0 Å². The van der Waals surface area contributed by atoms with Gasteiger partial charge in [0, 0.05) is 31.6 Å². The molecule has 0 radical (unpaired) electrons. The summed E-state index contributed by atoms with van der Waals surface area (Å²) >= 11 is 0. The zero-order valence-electron chi connectivity index (χ0n) is 8.72. The van der Waals surface area contributed by atoms with Gasteiger partial charge >= 0.3 is 0 Å². The van der Waals surface area contributed by atoms with E-state index in [1.54, 1.807) is 12.4 Å². The number of pyridine rings is 1. The predicted molar refractivity (Wildman–Crippen MR) is 58.6 cm³/mol. The van der Waals surface area contributed by atoms with Crippen molar-refractivity contribution >= 4 is 0 Å². The molecule has 0 bridgehead atoms. The smallest absolute Gasteiger partial charge is 0.137 e. The van der Waals surface area contributed by atoms with E-state index in [2.05, 4.69) is 16.9 Å². The van der Waals surface area contributed by atoms with Crippen LogP contribution in [0.3, 0.4) is 0 Å². The van der Waals surface area contributed by atoms with Gasteiger partial charge in [0.2, 0.25) is 0 Å². The summed E-state index contributed by atoms with van der Waals surface area (Å²) in [6.07, 6.45) is 6.41. The lowest BCUT2D eigenvalue weighted by Gasteiger charge is -2.05. The monoisotopic (exact) mass is 202 g/mol. The number of hydrogen-bond donors (Lipinski definition) is 1. The van der Waals surface area contributed by atoms with Crippen LogP contribution in [0.4, 0.5) is 0 Å². The average molecular weight is 202 g/mol. The van der Waals surface area contributed by atoms with E-state index in [-0.39, 0.29) is 0 Å². The number of hydrogen-bond acceptors (Lipinski definition) is 3. The molecule has 0 aliphatic heterocycles. The molecule has 2 aromatic heterocycles. The average Bonchev–Trinajstić information content (AvgIpc) is 2.77. The summed E-state index contributed by atoms with van der Waals surface area (Å²) in [4.78, 5) is 8.60. The molecular weight excluding hydrogens is 188 g/mol. The molecule has 4 heteroatoms. The van der Waals surface area contributed by atoms with Crippen molar-refractivity contribution in [3.8, 4) is 5.82 Å². The maximum atomic E-state index is 5.52. The molecule has 78 valence electrons. The van der Waals surface area contributed by atoms with Crippen molar-refractivity contribution in [3.05, 3.63) is 42.1 Å². The van der Waals surface area contributed by atoms with E-state index in [0.29, 0.717) is 6.54 Å². The van der Waals surface area contributed by atoms with Crippen molar-refractivity contribution in [2.75, 3.05) is 0 Å². The highest BCUT2D eigenvalue weighted by molar-refractivity contribution is 5.27. The minimum absolute atomic E-state index is 0.526. The molecule has 0 aliphatic rings. The van der Waals surface area contributed by atoms with Crippen molar-refractivity contribution in [1.82, 2.24) is 14.5 Å². The second-order valence-corrected chi connectivity index (χ2v) is 3.30. The Bertz CT molecular complexity index is 430. The molecule has 0 amide bonds. The van der Waals surface area contributed by atoms with Gasteiger partial charge in [-0.1, -0.05) is 13.0 Å². The Morgan fingerprint density at radius 2 is 2.20 bits per heavy atom. The fourth-order valence-corrected chi connectivity index (χ4v) is 1.48. The molecule has 2 heterocycles. The van der Waals surface area contributed by atoms with Crippen molar-refractivity contribution in [2.45, 2.75) is 19.9 Å². The minimum Gasteiger partial charge on any atom is -0.326 e. The SMILES string of the molecule is CCc1nccn1-c1ccc(CN)cn1. The van der Waals surface area contributed by atoms with Gasteiger partial charge in [-0.3, -0.25) is 4.57 Å². The molecule has 0 saturated heterocycles. The third-order valence-corrected chi connectivity index (χ3v) is 2.33. The van der Waals surface area contributed by atoms with Crippen molar-refractivity contribution in [3.63, 3.8) is 0 Å². The van der Waals surface area contributed by atoms with Crippen LogP contribution in [0.1, 0.15) is 18.3 Å². The van der Waals surface area contributed by atoms with E-state index in [0.717, 1.165) is 23.6 Å². The van der Waals surface area contributed by atoms with Crippen molar-refractivity contribution in [1.29, 1.82) is 0 Å². The maximum absolute atomic E-state index is 5.52. The maximum Gasteiger partial charge on any atom is 0.137 e. The summed E-state index contributed by atoms with van der Waals surface area (Å²) in [5, 5.41) is 0. The van der Waals surface area contributed by atoms with Crippen LogP contribution in [0, 0.1) is 0 Å². The molecule has 2 aromatic rings. The van der Waals surface area contributed by atoms with Gasteiger partial charge in [0.25, 0.3) is 0 Å². The topological polar surface area (TPSA) is 56.7 Å². The lowest BCUT2D eigenvalue weighted by atomic mass is 10.3. The standard InChI is InChI=1S/C11H14N4/c1-2-10-13-5-6-15(10)11-4-3-9(7-12)8-14-11/h3-6,8H,2,7,12H2,1H3. The number of nitrogens with zero attached hydrogens (tertiary/aromatic N) is 3. The summed E-state index contributed by atoms with van der Waals surface area (Å²) in [6.45, 7) is 2.60. The molecule has 0 aliphatic carbocycles. The molecule has 0 unspecified atom stereocenters. The van der Waals surface area contributed by atoms with Gasteiger partial charge in [-0.2, -0.15) is 0 Å². The van der Waals surface area contributed by atoms with E-state index in [1.807, 2.05) is 22.9 Å². The summed E-state index contributed by atoms with van der Waals surface area (Å²) in [6, 6.07) is 3.95. The summed E-state index contributed by atoms with van der Waals surface area (Å²) < 4.78 is 1.99. The first-order valence-corrected chi connectivity index (χ1v) is 5.02. The first-order chi connectivity index (χ1) is 7.35. The Kier molecular flexibility index (Phi) is 2.78. The largest absolute Gasteiger partial charge is 0.326 e. The molecule has 0 atom stereocenters. The van der Waals surface area contributed by atoms with Gasteiger partial charge in [-0.15, -0.1) is 0 Å². The van der Waals surface area contributed by atoms with Gasteiger partial charge in [0.15, 0.2) is 0 Å². The quantitative estimate of drug-likeness (QED) is 0.815. The number of nitrogens with two attached hydrogens (primary N) is 1. The molecule has 2 N–H and O–H groups in total. The van der Waals surface area contributed by atoms with E-state index in [4.69, 9.17) is 5.73 Å². The Morgan fingerprint density at radius 3 is 2.80 bits per heavy atom. The molecule has 2 rings (SSSR count). The molecule has 0 fully saturated rings. The first-order valence-electron chi connectivity index (χ1n) is 5.02. The second kappa shape index (κ2) is 4.23. The Balaban J connectivity index is 2.37. The van der Waals surface area contributed by atoms with Crippen molar-refractivity contribution in [2.24, 2.45) is 5.73 Å². The normalized spacial score (nSPS) is 10.5. The van der Waals surface area contributed by atoms with Crippen LogP contribution >= 0.6 is 0 Å². The van der Waals surface area contributed by atoms with E-state index < -0.39 is 0 Å². The molecule has 0 saturated carbocycles. The van der Waals surface area contributed by atoms with E-state index in [9.17, 15) is 0 Å². The van der Waals surface area contributed by atoms with Gasteiger partial charge in [0.1, 0.15) is 11.6 Å². The van der Waals surface area contributed by atoms with E-state index >= 15 is 0 Å². The molecule has 15 heavy (non-hydrogen) atoms. The number of rotatable bonds is 3. The predicted octanol–water partition coefficient (Wildman–Crippen LogP) is 1.29. The van der Waals surface area contributed by atoms with Crippen LogP contribution in [0.25, 0.3) is 5.82 Å². The highest BCUT2D eigenvalue weighted by Gasteiger charge is 2.03. The highest BCUT2D eigenvalue weighted by Crippen LogP contribution is 2.08. The lowest BCUT2D eigenvalue weighted by molar-refractivity contribution is 0.863. The molecule has 4 nitrogen and oxygen atoms in total. The lowest BCUT2D eigenvalue weighted by Crippen LogP contribution is -2.03. The van der Waals surface area contributed by atoms with Crippen LogP contribution < -0.4 is 5.73 Å². The fourth-order valence-electron chi connectivity index (χ4n) is 1.48. The van der Waals surface area contributed by atoms with Crippen LogP contribution in [0.2, 0.25) is 0 Å². The van der Waals surface area contributed by atoms with Crippen molar-refractivity contribution < 1.29 is 0 Å². The van der Waals surface area contributed by atoms with Gasteiger partial charge in [0.05, 0.1) is 0 Å². The Morgan fingerprint density at radius 1 is 1.33 bits per heavy atom. The summed E-state index contributed by atoms with van der Waals surface area (Å²) in [5.74, 6) is 1.91.